The summed E-state index contributed by atoms with van der Waals surface area (Å²) < 4.78 is 10.8. The Morgan fingerprint density at radius 2 is 2.35 bits per heavy atom. The highest BCUT2D eigenvalue weighted by Gasteiger charge is 2.36. The fourth-order valence-electron chi connectivity index (χ4n) is 2.73. The fraction of sp³-hybridized carbons (Fsp3) is 0.769. The minimum atomic E-state index is -0.168. The zero-order chi connectivity index (χ0) is 13.9. The highest BCUT2D eigenvalue weighted by Crippen LogP contribution is 2.24. The Balaban J connectivity index is 1.66. The zero-order valence-corrected chi connectivity index (χ0v) is 11.7. The average molecular weight is 280 g/mol. The molecule has 20 heavy (non-hydrogen) atoms. The summed E-state index contributed by atoms with van der Waals surface area (Å²) in [6.07, 6.45) is 2.51. The van der Waals surface area contributed by atoms with Crippen molar-refractivity contribution in [2.75, 3.05) is 26.3 Å². The van der Waals surface area contributed by atoms with Crippen molar-refractivity contribution in [1.82, 2.24) is 20.1 Å². The summed E-state index contributed by atoms with van der Waals surface area (Å²) in [5.74, 6) is 1.46. The molecule has 3 heterocycles. The average Bonchev–Trinajstić information content (AvgIpc) is 3.08. The van der Waals surface area contributed by atoms with Gasteiger partial charge in [-0.05, 0) is 6.42 Å². The van der Waals surface area contributed by atoms with Gasteiger partial charge in [0.1, 0.15) is 18.0 Å². The molecule has 2 fully saturated rings. The van der Waals surface area contributed by atoms with E-state index in [9.17, 15) is 4.79 Å². The van der Waals surface area contributed by atoms with Crippen LogP contribution in [0.1, 0.15) is 37.5 Å². The number of carbonyl (C=O) groups excluding carboxylic acids is 1. The molecule has 2 aliphatic heterocycles. The number of esters is 1. The molecule has 7 nitrogen and oxygen atoms in total. The van der Waals surface area contributed by atoms with E-state index in [2.05, 4.69) is 27.0 Å². The summed E-state index contributed by atoms with van der Waals surface area (Å²) in [5.41, 5.74) is 0. The molecule has 0 unspecified atom stereocenters. The van der Waals surface area contributed by atoms with E-state index in [1.54, 1.807) is 0 Å². The van der Waals surface area contributed by atoms with E-state index in [1.165, 1.54) is 0 Å². The van der Waals surface area contributed by atoms with Crippen molar-refractivity contribution in [3.05, 3.63) is 11.6 Å². The number of ether oxygens (including phenoxy) is 2. The quantitative estimate of drug-likeness (QED) is 0.806. The standard InChI is InChI=1S/C13H20N4O3/c1-2-3-11-14-12(16-15-11)10-8-17(5-7-19-10)9-4-6-20-13(9)18/h9-10H,2-8H2,1H3,(H,14,15,16)/t9-,10-/m1/s1. The van der Waals surface area contributed by atoms with E-state index in [1.807, 2.05) is 0 Å². The van der Waals surface area contributed by atoms with Crippen molar-refractivity contribution in [3.8, 4) is 0 Å². The number of aromatic nitrogens is 3. The predicted molar refractivity (Wildman–Crippen MR) is 70.0 cm³/mol. The Kier molecular flexibility index (Phi) is 3.98. The summed E-state index contributed by atoms with van der Waals surface area (Å²) in [4.78, 5) is 18.3. The minimum Gasteiger partial charge on any atom is -0.464 e. The van der Waals surface area contributed by atoms with Crippen LogP contribution in [0.25, 0.3) is 0 Å². The van der Waals surface area contributed by atoms with Crippen molar-refractivity contribution in [2.24, 2.45) is 0 Å². The molecule has 1 aromatic rings. The van der Waals surface area contributed by atoms with Crippen molar-refractivity contribution in [3.63, 3.8) is 0 Å². The molecular weight excluding hydrogens is 260 g/mol. The number of cyclic esters (lactones) is 1. The lowest BCUT2D eigenvalue weighted by molar-refractivity contribution is -0.144. The highest BCUT2D eigenvalue weighted by atomic mass is 16.5. The third-order valence-corrected chi connectivity index (χ3v) is 3.77. The molecule has 0 amide bonds. The third kappa shape index (κ3) is 2.69. The molecule has 1 N–H and O–H groups in total. The van der Waals surface area contributed by atoms with Crippen LogP contribution in [0.2, 0.25) is 0 Å². The first-order valence-corrected chi connectivity index (χ1v) is 7.21. The van der Waals surface area contributed by atoms with Gasteiger partial charge in [-0.15, -0.1) is 0 Å². The number of H-pyrrole nitrogens is 1. The summed E-state index contributed by atoms with van der Waals surface area (Å²) in [7, 11) is 0. The second kappa shape index (κ2) is 5.88. The summed E-state index contributed by atoms with van der Waals surface area (Å²) in [6, 6.07) is -0.129. The molecule has 110 valence electrons. The van der Waals surface area contributed by atoms with E-state index < -0.39 is 0 Å². The largest absolute Gasteiger partial charge is 0.464 e. The predicted octanol–water partition coefficient (Wildman–Crippen LogP) is 0.446. The first kappa shape index (κ1) is 13.5. The van der Waals surface area contributed by atoms with Gasteiger partial charge in [-0.2, -0.15) is 5.10 Å². The number of carbonyl (C=O) groups is 1. The van der Waals surface area contributed by atoms with Gasteiger partial charge in [-0.1, -0.05) is 6.92 Å². The molecule has 2 aliphatic rings. The third-order valence-electron chi connectivity index (χ3n) is 3.77. The summed E-state index contributed by atoms with van der Waals surface area (Å²) in [6.45, 7) is 4.61. The van der Waals surface area contributed by atoms with E-state index in [-0.39, 0.29) is 18.1 Å². The Bertz CT molecular complexity index is 476. The number of rotatable bonds is 4. The van der Waals surface area contributed by atoms with Gasteiger partial charge >= 0.3 is 5.97 Å². The van der Waals surface area contributed by atoms with Gasteiger partial charge in [0.05, 0.1) is 13.2 Å². The molecular formula is C13H20N4O3. The molecule has 0 aromatic carbocycles. The Labute approximate surface area is 117 Å². The lowest BCUT2D eigenvalue weighted by Gasteiger charge is -2.33. The second-order valence-corrected chi connectivity index (χ2v) is 5.22. The molecule has 2 saturated heterocycles. The summed E-state index contributed by atoms with van der Waals surface area (Å²) >= 11 is 0. The van der Waals surface area contributed by atoms with E-state index in [0.717, 1.165) is 31.6 Å². The maximum Gasteiger partial charge on any atom is 0.323 e. The van der Waals surface area contributed by atoms with Crippen LogP contribution in [-0.2, 0) is 20.7 Å². The number of hydrogen-bond donors (Lipinski definition) is 1. The van der Waals surface area contributed by atoms with Crippen molar-refractivity contribution in [2.45, 2.75) is 38.3 Å². The minimum absolute atomic E-state index is 0.118. The SMILES string of the molecule is CCCc1nc([C@H]2CN([C@@H]3CCOC3=O)CCO2)n[nH]1. The van der Waals surface area contributed by atoms with Gasteiger partial charge in [-0.3, -0.25) is 14.8 Å². The van der Waals surface area contributed by atoms with E-state index in [0.29, 0.717) is 25.6 Å². The monoisotopic (exact) mass is 280 g/mol. The number of hydrogen-bond acceptors (Lipinski definition) is 6. The van der Waals surface area contributed by atoms with Crippen LogP contribution in [0, 0.1) is 0 Å². The molecule has 1 aromatic heterocycles. The van der Waals surface area contributed by atoms with Crippen LogP contribution in [0.5, 0.6) is 0 Å². The van der Waals surface area contributed by atoms with E-state index in [4.69, 9.17) is 9.47 Å². The van der Waals surface area contributed by atoms with Crippen molar-refractivity contribution in [1.29, 1.82) is 0 Å². The molecule has 0 aliphatic carbocycles. The molecule has 0 saturated carbocycles. The fourth-order valence-corrected chi connectivity index (χ4v) is 2.73. The van der Waals surface area contributed by atoms with Crippen LogP contribution in [-0.4, -0.2) is 58.4 Å². The van der Waals surface area contributed by atoms with Crippen LogP contribution in [0.15, 0.2) is 0 Å². The Morgan fingerprint density at radius 3 is 3.10 bits per heavy atom. The lowest BCUT2D eigenvalue weighted by atomic mass is 10.1. The van der Waals surface area contributed by atoms with Crippen LogP contribution >= 0.6 is 0 Å². The Hall–Kier alpha value is -1.47. The van der Waals surface area contributed by atoms with E-state index >= 15 is 0 Å². The normalized spacial score (nSPS) is 27.8. The van der Waals surface area contributed by atoms with Crippen molar-refractivity contribution < 1.29 is 14.3 Å². The molecule has 2 atom stereocenters. The van der Waals surface area contributed by atoms with Gasteiger partial charge in [0.15, 0.2) is 5.82 Å². The first-order valence-electron chi connectivity index (χ1n) is 7.21. The smallest absolute Gasteiger partial charge is 0.323 e. The van der Waals surface area contributed by atoms with Crippen LogP contribution in [0.4, 0.5) is 0 Å². The molecule has 3 rings (SSSR count). The highest BCUT2D eigenvalue weighted by molar-refractivity contribution is 5.77. The molecule has 0 radical (unpaired) electrons. The first-order chi connectivity index (χ1) is 9.78. The van der Waals surface area contributed by atoms with Gasteiger partial charge in [0.25, 0.3) is 0 Å². The molecule has 7 heteroatoms. The van der Waals surface area contributed by atoms with Crippen LogP contribution < -0.4 is 0 Å². The van der Waals surface area contributed by atoms with Crippen LogP contribution in [0.3, 0.4) is 0 Å². The maximum atomic E-state index is 11.7. The Morgan fingerprint density at radius 1 is 1.45 bits per heavy atom. The van der Waals surface area contributed by atoms with Crippen molar-refractivity contribution >= 4 is 5.97 Å². The number of nitrogens with one attached hydrogen (secondary N) is 1. The number of aromatic amines is 1. The van der Waals surface area contributed by atoms with Gasteiger partial charge in [0.2, 0.25) is 0 Å². The van der Waals surface area contributed by atoms with Gasteiger partial charge in [0, 0.05) is 25.9 Å². The molecule has 0 spiro atoms. The number of nitrogens with zero attached hydrogens (tertiary/aromatic N) is 3. The maximum absolute atomic E-state index is 11.7. The second-order valence-electron chi connectivity index (χ2n) is 5.22. The topological polar surface area (TPSA) is 80.3 Å². The zero-order valence-electron chi connectivity index (χ0n) is 11.7. The summed E-state index contributed by atoms with van der Waals surface area (Å²) in [5, 5.41) is 7.18. The number of morpholine rings is 1. The lowest BCUT2D eigenvalue weighted by Crippen LogP contribution is -2.46. The molecule has 0 bridgehead atoms. The number of aryl methyl sites for hydroxylation is 1. The van der Waals surface area contributed by atoms with Gasteiger partial charge < -0.3 is 9.47 Å². The van der Waals surface area contributed by atoms with Gasteiger partial charge in [-0.25, -0.2) is 4.98 Å².